The molecule has 0 radical (unpaired) electrons. The number of rotatable bonds is 2. The maximum atomic E-state index is 12.2. The number of phenols is 1. The quantitative estimate of drug-likeness (QED) is 0.827. The van der Waals surface area contributed by atoms with Crippen LogP contribution in [0.3, 0.4) is 0 Å². The normalized spacial score (nSPS) is 14.4. The van der Waals surface area contributed by atoms with Crippen LogP contribution >= 0.6 is 0 Å². The largest absolute Gasteiger partial charge is 0.506 e. The number of fused-ring (bicyclic) bond motifs is 3. The molecule has 1 aliphatic heterocycles. The number of aryl methyl sites for hydroxylation is 2. The van der Waals surface area contributed by atoms with Crippen molar-refractivity contribution in [2.24, 2.45) is 0 Å². The van der Waals surface area contributed by atoms with Crippen molar-refractivity contribution in [3.63, 3.8) is 0 Å². The van der Waals surface area contributed by atoms with E-state index in [0.717, 1.165) is 16.7 Å². The van der Waals surface area contributed by atoms with Crippen LogP contribution in [0.2, 0.25) is 0 Å². The van der Waals surface area contributed by atoms with Crippen LogP contribution < -0.4 is 10.2 Å². The van der Waals surface area contributed by atoms with Crippen molar-refractivity contribution in [1.29, 1.82) is 0 Å². The molecule has 0 bridgehead atoms. The SMILES string of the molecule is CONC(=O)c1c(C)cc2c(c1O)-c1cc(C)ccc1C(C)(C)O2. The Hall–Kier alpha value is -2.53. The fourth-order valence-electron chi connectivity index (χ4n) is 3.26. The molecular formula is C19H21NO4. The van der Waals surface area contributed by atoms with Crippen LogP contribution in [0.1, 0.15) is 40.9 Å². The first kappa shape index (κ1) is 16.3. The second kappa shape index (κ2) is 5.53. The fourth-order valence-corrected chi connectivity index (χ4v) is 3.26. The van der Waals surface area contributed by atoms with Crippen LogP contribution in [0.25, 0.3) is 11.1 Å². The number of hydrogen-bond acceptors (Lipinski definition) is 4. The van der Waals surface area contributed by atoms with E-state index in [2.05, 4.69) is 5.48 Å². The predicted molar refractivity (Wildman–Crippen MR) is 91.1 cm³/mol. The Morgan fingerprint density at radius 2 is 1.96 bits per heavy atom. The van der Waals surface area contributed by atoms with Crippen LogP contribution in [0.15, 0.2) is 24.3 Å². The summed E-state index contributed by atoms with van der Waals surface area (Å²) in [6.07, 6.45) is 0. The van der Waals surface area contributed by atoms with Gasteiger partial charge in [-0.25, -0.2) is 5.48 Å². The number of aromatic hydroxyl groups is 1. The van der Waals surface area contributed by atoms with Crippen molar-refractivity contribution in [3.05, 3.63) is 46.5 Å². The minimum absolute atomic E-state index is 0.0955. The van der Waals surface area contributed by atoms with Gasteiger partial charge in [-0.3, -0.25) is 9.63 Å². The average Bonchev–Trinajstić information content (AvgIpc) is 2.45. The highest BCUT2D eigenvalue weighted by molar-refractivity contribution is 6.01. The Bertz CT molecular complexity index is 840. The lowest BCUT2D eigenvalue weighted by molar-refractivity contribution is 0.0534. The molecule has 1 aliphatic rings. The van der Waals surface area contributed by atoms with Crippen LogP contribution in [0.4, 0.5) is 0 Å². The van der Waals surface area contributed by atoms with Gasteiger partial charge in [0.25, 0.3) is 5.91 Å². The Kier molecular flexibility index (Phi) is 3.76. The fraction of sp³-hybridized carbons (Fsp3) is 0.316. The van der Waals surface area contributed by atoms with E-state index in [1.165, 1.54) is 7.11 Å². The molecular weight excluding hydrogens is 306 g/mol. The van der Waals surface area contributed by atoms with E-state index in [1.807, 2.05) is 39.0 Å². The molecule has 0 aromatic heterocycles. The van der Waals surface area contributed by atoms with Gasteiger partial charge in [-0.15, -0.1) is 0 Å². The first-order valence-electron chi connectivity index (χ1n) is 7.76. The molecule has 2 N–H and O–H groups in total. The van der Waals surface area contributed by atoms with Crippen LogP contribution in [0.5, 0.6) is 11.5 Å². The van der Waals surface area contributed by atoms with Gasteiger partial charge in [0.15, 0.2) is 0 Å². The number of nitrogens with one attached hydrogen (secondary N) is 1. The van der Waals surface area contributed by atoms with Gasteiger partial charge >= 0.3 is 0 Å². The summed E-state index contributed by atoms with van der Waals surface area (Å²) in [5, 5.41) is 10.8. The van der Waals surface area contributed by atoms with Gasteiger partial charge in [0, 0.05) is 5.56 Å². The molecule has 0 saturated carbocycles. The van der Waals surface area contributed by atoms with E-state index in [9.17, 15) is 9.90 Å². The molecule has 0 saturated heterocycles. The third-order valence-corrected chi connectivity index (χ3v) is 4.34. The third kappa shape index (κ3) is 2.41. The van der Waals surface area contributed by atoms with Gasteiger partial charge in [0.1, 0.15) is 17.1 Å². The van der Waals surface area contributed by atoms with Crippen molar-refractivity contribution in [1.82, 2.24) is 5.48 Å². The number of hydrogen-bond donors (Lipinski definition) is 2. The van der Waals surface area contributed by atoms with E-state index >= 15 is 0 Å². The summed E-state index contributed by atoms with van der Waals surface area (Å²) in [6, 6.07) is 7.80. The zero-order valence-electron chi connectivity index (χ0n) is 14.5. The standard InChI is InChI=1S/C19H21NO4/c1-10-6-7-13-12(8-10)16-14(24-19(13,3)4)9-11(2)15(17(16)21)18(22)20-23-5/h6-9,21H,1-5H3,(H,20,22). The van der Waals surface area contributed by atoms with E-state index in [4.69, 9.17) is 9.57 Å². The highest BCUT2D eigenvalue weighted by Gasteiger charge is 2.36. The summed E-state index contributed by atoms with van der Waals surface area (Å²) in [5.41, 5.74) is 6.01. The molecule has 1 heterocycles. The summed E-state index contributed by atoms with van der Waals surface area (Å²) in [5.74, 6) is -0.0155. The molecule has 1 amide bonds. The predicted octanol–water partition coefficient (Wildman–Crippen LogP) is 3.59. The Morgan fingerprint density at radius 3 is 2.62 bits per heavy atom. The van der Waals surface area contributed by atoms with Gasteiger partial charge in [0.2, 0.25) is 0 Å². The number of carbonyl (C=O) groups is 1. The highest BCUT2D eigenvalue weighted by Crippen LogP contribution is 2.51. The van der Waals surface area contributed by atoms with Gasteiger partial charge in [-0.05, 0) is 44.9 Å². The third-order valence-electron chi connectivity index (χ3n) is 4.34. The number of carbonyl (C=O) groups excluding carboxylic acids is 1. The summed E-state index contributed by atoms with van der Waals surface area (Å²) in [6.45, 7) is 7.73. The van der Waals surface area contributed by atoms with Crippen molar-refractivity contribution >= 4 is 5.91 Å². The second-order valence-electron chi connectivity index (χ2n) is 6.59. The molecule has 0 spiro atoms. The van der Waals surface area contributed by atoms with Gasteiger partial charge in [-0.1, -0.05) is 23.8 Å². The van der Waals surface area contributed by atoms with Crippen molar-refractivity contribution in [2.75, 3.05) is 7.11 Å². The number of hydroxylamine groups is 1. The van der Waals surface area contributed by atoms with Crippen molar-refractivity contribution in [2.45, 2.75) is 33.3 Å². The average molecular weight is 327 g/mol. The number of ether oxygens (including phenoxy) is 1. The Labute approximate surface area is 141 Å². The molecule has 3 rings (SSSR count). The monoisotopic (exact) mass is 327 g/mol. The zero-order chi connectivity index (χ0) is 17.6. The minimum atomic E-state index is -0.523. The summed E-state index contributed by atoms with van der Waals surface area (Å²) in [7, 11) is 1.35. The number of amides is 1. The maximum Gasteiger partial charge on any atom is 0.278 e. The molecule has 5 heteroatoms. The summed E-state index contributed by atoms with van der Waals surface area (Å²) < 4.78 is 6.12. The van der Waals surface area contributed by atoms with Gasteiger partial charge < -0.3 is 9.84 Å². The number of phenolic OH excluding ortho intramolecular Hbond substituents is 1. The second-order valence-corrected chi connectivity index (χ2v) is 6.59. The van der Waals surface area contributed by atoms with E-state index in [-0.39, 0.29) is 11.3 Å². The molecule has 5 nitrogen and oxygen atoms in total. The molecule has 2 aromatic rings. The molecule has 0 aliphatic carbocycles. The molecule has 0 atom stereocenters. The topological polar surface area (TPSA) is 67.8 Å². The van der Waals surface area contributed by atoms with Gasteiger partial charge in [0.05, 0.1) is 18.2 Å². The lowest BCUT2D eigenvalue weighted by Crippen LogP contribution is -2.30. The van der Waals surface area contributed by atoms with E-state index < -0.39 is 11.5 Å². The van der Waals surface area contributed by atoms with Crippen LogP contribution in [0, 0.1) is 13.8 Å². The van der Waals surface area contributed by atoms with Crippen LogP contribution in [-0.4, -0.2) is 18.1 Å². The number of benzene rings is 2. The first-order valence-corrected chi connectivity index (χ1v) is 7.76. The molecule has 126 valence electrons. The minimum Gasteiger partial charge on any atom is -0.506 e. The molecule has 24 heavy (non-hydrogen) atoms. The zero-order valence-corrected chi connectivity index (χ0v) is 14.5. The molecule has 2 aromatic carbocycles. The summed E-state index contributed by atoms with van der Waals surface area (Å²) in [4.78, 5) is 16.9. The van der Waals surface area contributed by atoms with E-state index in [0.29, 0.717) is 16.9 Å². The highest BCUT2D eigenvalue weighted by atomic mass is 16.6. The lowest BCUT2D eigenvalue weighted by Gasteiger charge is -2.36. The smallest absolute Gasteiger partial charge is 0.278 e. The van der Waals surface area contributed by atoms with Crippen molar-refractivity contribution < 1.29 is 19.5 Å². The molecule has 0 fully saturated rings. The lowest BCUT2D eigenvalue weighted by atomic mass is 9.83. The summed E-state index contributed by atoms with van der Waals surface area (Å²) >= 11 is 0. The van der Waals surface area contributed by atoms with E-state index in [1.54, 1.807) is 13.0 Å². The Morgan fingerprint density at radius 1 is 1.25 bits per heavy atom. The van der Waals surface area contributed by atoms with Crippen LogP contribution in [-0.2, 0) is 10.4 Å². The Balaban J connectivity index is 2.32. The maximum absolute atomic E-state index is 12.2. The first-order chi connectivity index (χ1) is 11.3. The molecule has 0 unspecified atom stereocenters. The van der Waals surface area contributed by atoms with Gasteiger partial charge in [-0.2, -0.15) is 0 Å². The van der Waals surface area contributed by atoms with Crippen molar-refractivity contribution in [3.8, 4) is 22.6 Å².